The van der Waals surface area contributed by atoms with Crippen LogP contribution in [0, 0.1) is 5.82 Å². The summed E-state index contributed by atoms with van der Waals surface area (Å²) in [6, 6.07) is 4.15. The molecule has 0 bridgehead atoms. The minimum Gasteiger partial charge on any atom is -0.381 e. The Morgan fingerprint density at radius 3 is 2.71 bits per heavy atom. The van der Waals surface area contributed by atoms with E-state index in [2.05, 4.69) is 10.0 Å². The lowest BCUT2D eigenvalue weighted by Gasteiger charge is -2.40. The molecule has 24 heavy (non-hydrogen) atoms. The maximum atomic E-state index is 14.4. The van der Waals surface area contributed by atoms with Crippen LogP contribution in [0.2, 0.25) is 0 Å². The van der Waals surface area contributed by atoms with Crippen molar-refractivity contribution in [2.45, 2.75) is 37.9 Å². The molecule has 0 saturated carbocycles. The molecule has 1 aromatic carbocycles. The highest BCUT2D eigenvalue weighted by Crippen LogP contribution is 2.33. The van der Waals surface area contributed by atoms with Crippen LogP contribution in [0.25, 0.3) is 0 Å². The van der Waals surface area contributed by atoms with Gasteiger partial charge in [-0.2, -0.15) is 0 Å². The van der Waals surface area contributed by atoms with Crippen LogP contribution in [0.15, 0.2) is 18.2 Å². The van der Waals surface area contributed by atoms with Crippen molar-refractivity contribution >= 4 is 17.2 Å². The predicted molar refractivity (Wildman–Crippen MR) is 87.5 cm³/mol. The van der Waals surface area contributed by atoms with Crippen molar-refractivity contribution in [1.29, 1.82) is 0 Å². The Labute approximate surface area is 142 Å². The van der Waals surface area contributed by atoms with Crippen molar-refractivity contribution in [2.75, 3.05) is 13.2 Å². The monoisotopic (exact) mass is 359 g/mol. The highest BCUT2D eigenvalue weighted by atomic mass is 32.2. The molecule has 2 rings (SSSR count). The number of amides is 1. The van der Waals surface area contributed by atoms with Crippen molar-refractivity contribution in [3.63, 3.8) is 0 Å². The average molecular weight is 359 g/mol. The molecule has 1 aliphatic rings. The SMILES string of the molecule is CC(NC1(c2ccc(CNS(=O)O)c(F)c2)CCOCC1)C(N)=O. The van der Waals surface area contributed by atoms with E-state index in [1.165, 1.54) is 6.07 Å². The van der Waals surface area contributed by atoms with E-state index in [1.54, 1.807) is 19.1 Å². The number of halogens is 1. The lowest BCUT2D eigenvalue weighted by molar-refractivity contribution is -0.120. The van der Waals surface area contributed by atoms with Gasteiger partial charge in [0.15, 0.2) is 0 Å². The van der Waals surface area contributed by atoms with Crippen LogP contribution in [-0.4, -0.2) is 33.9 Å². The van der Waals surface area contributed by atoms with Gasteiger partial charge in [0.2, 0.25) is 17.2 Å². The first-order valence-corrected chi connectivity index (χ1v) is 8.73. The maximum absolute atomic E-state index is 14.4. The van der Waals surface area contributed by atoms with Crippen LogP contribution in [0.3, 0.4) is 0 Å². The van der Waals surface area contributed by atoms with Gasteiger partial charge in [0.05, 0.1) is 6.04 Å². The largest absolute Gasteiger partial charge is 0.381 e. The first-order valence-electron chi connectivity index (χ1n) is 7.62. The van der Waals surface area contributed by atoms with Gasteiger partial charge in [-0.1, -0.05) is 12.1 Å². The van der Waals surface area contributed by atoms with Crippen LogP contribution in [-0.2, 0) is 32.9 Å². The zero-order valence-corrected chi connectivity index (χ0v) is 14.2. The number of nitrogens with two attached hydrogens (primary N) is 1. The van der Waals surface area contributed by atoms with Crippen LogP contribution >= 0.6 is 0 Å². The summed E-state index contributed by atoms with van der Waals surface area (Å²) in [5.74, 6) is -0.961. The molecule has 1 aliphatic heterocycles. The Balaban J connectivity index is 2.27. The van der Waals surface area contributed by atoms with Gasteiger partial charge in [-0.15, -0.1) is 0 Å². The van der Waals surface area contributed by atoms with E-state index in [9.17, 15) is 13.4 Å². The standard InChI is InChI=1S/C15H22FN3O4S/c1-10(14(17)20)19-15(4-6-23-7-5-15)12-3-2-11(13(16)8-12)9-18-24(21)22/h2-3,8,10,18-19H,4-7,9H2,1H3,(H2,17,20)(H,21,22). The first-order chi connectivity index (χ1) is 11.3. The number of rotatable bonds is 7. The summed E-state index contributed by atoms with van der Waals surface area (Å²) < 4.78 is 41.4. The van der Waals surface area contributed by atoms with Gasteiger partial charge in [-0.25, -0.2) is 13.3 Å². The van der Waals surface area contributed by atoms with E-state index < -0.39 is 34.6 Å². The zero-order chi connectivity index (χ0) is 17.7. The molecule has 7 nitrogen and oxygen atoms in total. The Morgan fingerprint density at radius 2 is 2.17 bits per heavy atom. The third kappa shape index (κ3) is 4.58. The molecule has 0 aliphatic carbocycles. The Hall–Kier alpha value is -1.39. The molecule has 1 amide bonds. The summed E-state index contributed by atoms with van der Waals surface area (Å²) >= 11 is -2.20. The van der Waals surface area contributed by atoms with E-state index in [0.717, 1.165) is 0 Å². The van der Waals surface area contributed by atoms with Crippen molar-refractivity contribution in [1.82, 2.24) is 10.0 Å². The number of hydrogen-bond acceptors (Lipinski definition) is 4. The molecule has 1 saturated heterocycles. The molecular weight excluding hydrogens is 337 g/mol. The lowest BCUT2D eigenvalue weighted by Crippen LogP contribution is -2.54. The van der Waals surface area contributed by atoms with E-state index >= 15 is 0 Å². The Morgan fingerprint density at radius 1 is 1.50 bits per heavy atom. The summed E-state index contributed by atoms with van der Waals surface area (Å²) in [4.78, 5) is 11.4. The first kappa shape index (κ1) is 18.9. The third-order valence-electron chi connectivity index (χ3n) is 4.26. The highest BCUT2D eigenvalue weighted by Gasteiger charge is 2.36. The molecule has 1 fully saturated rings. The van der Waals surface area contributed by atoms with Gasteiger partial charge in [-0.05, 0) is 31.4 Å². The summed E-state index contributed by atoms with van der Waals surface area (Å²) in [7, 11) is 0. The summed E-state index contributed by atoms with van der Waals surface area (Å²) in [6.07, 6.45) is 1.17. The van der Waals surface area contributed by atoms with E-state index in [4.69, 9.17) is 15.0 Å². The Kier molecular flexibility index (Phi) is 6.41. The van der Waals surface area contributed by atoms with Gasteiger partial charge in [0.25, 0.3) is 0 Å². The second-order valence-electron chi connectivity index (χ2n) is 5.84. The molecule has 0 radical (unpaired) electrons. The number of carbonyl (C=O) groups excluding carboxylic acids is 1. The summed E-state index contributed by atoms with van der Waals surface area (Å²) in [6.45, 7) is 2.60. The number of ether oxygens (including phenoxy) is 1. The van der Waals surface area contributed by atoms with Crippen LogP contribution in [0.4, 0.5) is 4.39 Å². The average Bonchev–Trinajstić information content (AvgIpc) is 2.54. The van der Waals surface area contributed by atoms with E-state index in [0.29, 0.717) is 31.6 Å². The number of carbonyl (C=O) groups is 1. The fourth-order valence-corrected chi connectivity index (χ4v) is 3.13. The molecular formula is C15H22FN3O4S. The highest BCUT2D eigenvalue weighted by molar-refractivity contribution is 7.77. The smallest absolute Gasteiger partial charge is 0.234 e. The van der Waals surface area contributed by atoms with Crippen LogP contribution in [0.5, 0.6) is 0 Å². The van der Waals surface area contributed by atoms with Crippen molar-refractivity contribution in [2.24, 2.45) is 5.73 Å². The van der Waals surface area contributed by atoms with Crippen LogP contribution < -0.4 is 15.8 Å². The molecule has 0 aromatic heterocycles. The summed E-state index contributed by atoms with van der Waals surface area (Å²) in [5.41, 5.74) is 5.73. The van der Waals surface area contributed by atoms with Gasteiger partial charge in [-0.3, -0.25) is 14.7 Å². The molecule has 0 spiro atoms. The van der Waals surface area contributed by atoms with Crippen LogP contribution in [0.1, 0.15) is 30.9 Å². The van der Waals surface area contributed by atoms with Gasteiger partial charge >= 0.3 is 0 Å². The molecule has 9 heteroatoms. The van der Waals surface area contributed by atoms with E-state index in [-0.39, 0.29) is 12.1 Å². The van der Waals surface area contributed by atoms with E-state index in [1.807, 2.05) is 0 Å². The van der Waals surface area contributed by atoms with Crippen molar-refractivity contribution in [3.8, 4) is 0 Å². The number of hydrogen-bond donors (Lipinski definition) is 4. The quantitative estimate of drug-likeness (QED) is 0.530. The number of primary amides is 1. The fraction of sp³-hybridized carbons (Fsp3) is 0.533. The lowest BCUT2D eigenvalue weighted by atomic mass is 9.81. The molecule has 1 heterocycles. The van der Waals surface area contributed by atoms with Crippen molar-refractivity contribution < 1.29 is 22.7 Å². The molecule has 1 aromatic rings. The summed E-state index contributed by atoms with van der Waals surface area (Å²) in [5, 5.41) is 3.22. The predicted octanol–water partition coefficient (Wildman–Crippen LogP) is 0.521. The third-order valence-corrected chi connectivity index (χ3v) is 4.65. The second kappa shape index (κ2) is 8.13. The maximum Gasteiger partial charge on any atom is 0.234 e. The topological polar surface area (TPSA) is 114 Å². The molecule has 134 valence electrons. The minimum atomic E-state index is -2.20. The van der Waals surface area contributed by atoms with Gasteiger partial charge in [0.1, 0.15) is 5.82 Å². The second-order valence-corrected chi connectivity index (χ2v) is 6.63. The fourth-order valence-electron chi connectivity index (χ4n) is 2.85. The molecule has 2 unspecified atom stereocenters. The zero-order valence-electron chi connectivity index (χ0n) is 13.4. The Bertz CT molecular complexity index is 623. The van der Waals surface area contributed by atoms with Gasteiger partial charge in [0, 0.05) is 30.9 Å². The minimum absolute atomic E-state index is 0.0591. The van der Waals surface area contributed by atoms with Crippen molar-refractivity contribution in [3.05, 3.63) is 35.1 Å². The number of benzene rings is 1. The van der Waals surface area contributed by atoms with Gasteiger partial charge < -0.3 is 10.5 Å². The molecule has 2 atom stereocenters. The number of nitrogens with one attached hydrogen (secondary N) is 2. The normalized spacial score (nSPS) is 19.6. The molecule has 5 N–H and O–H groups in total.